The number of methoxy groups -OCH3 is 1. The van der Waals surface area contributed by atoms with Crippen LogP contribution >= 0.6 is 0 Å². The van der Waals surface area contributed by atoms with Gasteiger partial charge in [-0.1, -0.05) is 0 Å². The van der Waals surface area contributed by atoms with Crippen LogP contribution in [-0.4, -0.2) is 49.6 Å². The van der Waals surface area contributed by atoms with Crippen LogP contribution in [0.2, 0.25) is 0 Å². The van der Waals surface area contributed by atoms with E-state index >= 15 is 0 Å². The molecule has 1 saturated heterocycles. The normalized spacial score (nSPS) is 22.1. The molecule has 1 aliphatic heterocycles. The van der Waals surface area contributed by atoms with Crippen LogP contribution in [0.15, 0.2) is 0 Å². The Kier molecular flexibility index (Phi) is 4.55. The Balaban J connectivity index is 2.35. The number of nitrogens with one attached hydrogen (secondary N) is 1. The van der Waals surface area contributed by atoms with Gasteiger partial charge in [0.1, 0.15) is 0 Å². The molecule has 1 unspecified atom stereocenters. The molecule has 0 radical (unpaired) electrons. The van der Waals surface area contributed by atoms with Gasteiger partial charge in [0.05, 0.1) is 13.7 Å². The van der Waals surface area contributed by atoms with Gasteiger partial charge >= 0.3 is 5.97 Å². The first-order valence-electron chi connectivity index (χ1n) is 5.18. The molecule has 0 spiro atoms. The maximum Gasteiger partial charge on any atom is 0.319 e. The van der Waals surface area contributed by atoms with Crippen LogP contribution in [0.25, 0.3) is 0 Å². The van der Waals surface area contributed by atoms with Gasteiger partial charge in [0.15, 0.2) is 0 Å². The molecule has 5 heteroatoms. The molecule has 1 aliphatic rings. The van der Waals surface area contributed by atoms with Crippen molar-refractivity contribution in [1.29, 1.82) is 0 Å². The topological polar surface area (TPSA) is 58.6 Å². The van der Waals surface area contributed by atoms with E-state index in [9.17, 15) is 9.59 Å². The van der Waals surface area contributed by atoms with Crippen molar-refractivity contribution in [3.63, 3.8) is 0 Å². The summed E-state index contributed by atoms with van der Waals surface area (Å²) >= 11 is 0. The standard InChI is InChI=1S/C10H18N2O3/c1-8(13)11-9-4-3-5-12(6-9)7-10(14)15-2/h9H,3-7H2,1-2H3,(H,11,13). The Labute approximate surface area is 89.8 Å². The number of carbonyl (C=O) groups is 2. The van der Waals surface area contributed by atoms with Crippen molar-refractivity contribution < 1.29 is 14.3 Å². The van der Waals surface area contributed by atoms with Gasteiger partial charge in [-0.05, 0) is 19.4 Å². The summed E-state index contributed by atoms with van der Waals surface area (Å²) in [5.41, 5.74) is 0. The smallest absolute Gasteiger partial charge is 0.319 e. The lowest BCUT2D eigenvalue weighted by Gasteiger charge is -2.31. The maximum atomic E-state index is 11.1. The highest BCUT2D eigenvalue weighted by molar-refractivity contribution is 5.73. The zero-order chi connectivity index (χ0) is 11.3. The number of amides is 1. The molecule has 0 bridgehead atoms. The highest BCUT2D eigenvalue weighted by atomic mass is 16.5. The highest BCUT2D eigenvalue weighted by Crippen LogP contribution is 2.09. The van der Waals surface area contributed by atoms with Gasteiger partial charge in [0, 0.05) is 19.5 Å². The van der Waals surface area contributed by atoms with Crippen molar-refractivity contribution in [2.45, 2.75) is 25.8 Å². The van der Waals surface area contributed by atoms with Crippen molar-refractivity contribution in [3.05, 3.63) is 0 Å². The molecule has 0 aromatic rings. The summed E-state index contributed by atoms with van der Waals surface area (Å²) in [6.45, 7) is 3.45. The van der Waals surface area contributed by atoms with E-state index in [1.165, 1.54) is 14.0 Å². The number of hydrogen-bond donors (Lipinski definition) is 1. The Bertz CT molecular complexity index is 243. The van der Waals surface area contributed by atoms with E-state index in [4.69, 9.17) is 0 Å². The van der Waals surface area contributed by atoms with Gasteiger partial charge in [0.2, 0.25) is 5.91 Å². The molecule has 1 N–H and O–H groups in total. The number of ether oxygens (including phenoxy) is 1. The number of esters is 1. The second-order valence-corrected chi connectivity index (χ2v) is 3.85. The molecule has 1 fully saturated rings. The van der Waals surface area contributed by atoms with Crippen LogP contribution in [-0.2, 0) is 14.3 Å². The first kappa shape index (κ1) is 12.0. The summed E-state index contributed by atoms with van der Waals surface area (Å²) < 4.78 is 4.60. The lowest BCUT2D eigenvalue weighted by atomic mass is 10.1. The molecular formula is C10H18N2O3. The van der Waals surface area contributed by atoms with Gasteiger partial charge in [-0.3, -0.25) is 14.5 Å². The number of nitrogens with zero attached hydrogens (tertiary/aromatic N) is 1. The Hall–Kier alpha value is -1.10. The van der Waals surface area contributed by atoms with Crippen LogP contribution in [0.5, 0.6) is 0 Å². The molecule has 0 aliphatic carbocycles. The van der Waals surface area contributed by atoms with E-state index < -0.39 is 0 Å². The molecule has 0 saturated carbocycles. The summed E-state index contributed by atoms with van der Waals surface area (Å²) in [5, 5.41) is 2.87. The van der Waals surface area contributed by atoms with E-state index in [1.807, 2.05) is 4.90 Å². The third kappa shape index (κ3) is 4.29. The lowest BCUT2D eigenvalue weighted by Crippen LogP contribution is -2.48. The third-order valence-electron chi connectivity index (χ3n) is 2.49. The number of carbonyl (C=O) groups excluding carboxylic acids is 2. The summed E-state index contributed by atoms with van der Waals surface area (Å²) in [6.07, 6.45) is 1.99. The zero-order valence-corrected chi connectivity index (χ0v) is 9.28. The number of likely N-dealkylation sites (tertiary alicyclic amines) is 1. The summed E-state index contributed by atoms with van der Waals surface area (Å²) in [4.78, 5) is 23.9. The fourth-order valence-electron chi connectivity index (χ4n) is 1.85. The fourth-order valence-corrected chi connectivity index (χ4v) is 1.85. The fraction of sp³-hybridized carbons (Fsp3) is 0.800. The molecule has 86 valence electrons. The maximum absolute atomic E-state index is 11.1. The SMILES string of the molecule is COC(=O)CN1CCCC(NC(C)=O)C1. The molecule has 0 aromatic carbocycles. The minimum absolute atomic E-state index is 0.0140. The predicted molar refractivity (Wildman–Crippen MR) is 55.3 cm³/mol. The van der Waals surface area contributed by atoms with Gasteiger partial charge in [-0.2, -0.15) is 0 Å². The number of hydrogen-bond acceptors (Lipinski definition) is 4. The van der Waals surface area contributed by atoms with Gasteiger partial charge in [-0.25, -0.2) is 0 Å². The predicted octanol–water partition coefficient (Wildman–Crippen LogP) is -0.240. The largest absolute Gasteiger partial charge is 0.468 e. The molecule has 1 heterocycles. The van der Waals surface area contributed by atoms with Crippen molar-refractivity contribution in [2.75, 3.05) is 26.7 Å². The zero-order valence-electron chi connectivity index (χ0n) is 9.28. The van der Waals surface area contributed by atoms with Crippen LogP contribution in [0.4, 0.5) is 0 Å². The van der Waals surface area contributed by atoms with E-state index in [1.54, 1.807) is 0 Å². The molecule has 5 nitrogen and oxygen atoms in total. The first-order valence-corrected chi connectivity index (χ1v) is 5.18. The molecule has 1 amide bonds. The van der Waals surface area contributed by atoms with Gasteiger partial charge in [-0.15, -0.1) is 0 Å². The van der Waals surface area contributed by atoms with E-state index in [0.29, 0.717) is 6.54 Å². The number of piperidine rings is 1. The van der Waals surface area contributed by atoms with E-state index in [-0.39, 0.29) is 17.9 Å². The van der Waals surface area contributed by atoms with Crippen molar-refractivity contribution >= 4 is 11.9 Å². The summed E-state index contributed by atoms with van der Waals surface area (Å²) in [7, 11) is 1.39. The second kappa shape index (κ2) is 5.70. The minimum atomic E-state index is -0.224. The van der Waals surface area contributed by atoms with E-state index in [2.05, 4.69) is 10.1 Å². The van der Waals surface area contributed by atoms with Gasteiger partial charge < -0.3 is 10.1 Å². The molecule has 1 rings (SSSR count). The Morgan fingerprint density at radius 3 is 2.87 bits per heavy atom. The average molecular weight is 214 g/mol. The molecule has 15 heavy (non-hydrogen) atoms. The first-order chi connectivity index (χ1) is 7.11. The number of rotatable bonds is 3. The Morgan fingerprint density at radius 1 is 1.53 bits per heavy atom. The molecular weight excluding hydrogens is 196 g/mol. The van der Waals surface area contributed by atoms with Crippen LogP contribution < -0.4 is 5.32 Å². The third-order valence-corrected chi connectivity index (χ3v) is 2.49. The van der Waals surface area contributed by atoms with Gasteiger partial charge in [0.25, 0.3) is 0 Å². The van der Waals surface area contributed by atoms with Crippen LogP contribution in [0.3, 0.4) is 0 Å². The van der Waals surface area contributed by atoms with Crippen molar-refractivity contribution in [3.8, 4) is 0 Å². The van der Waals surface area contributed by atoms with Crippen molar-refractivity contribution in [2.24, 2.45) is 0 Å². The average Bonchev–Trinajstić information content (AvgIpc) is 2.17. The van der Waals surface area contributed by atoms with E-state index in [0.717, 1.165) is 25.9 Å². The molecule has 0 aromatic heterocycles. The summed E-state index contributed by atoms with van der Waals surface area (Å²) in [6, 6.07) is 0.168. The van der Waals surface area contributed by atoms with Crippen LogP contribution in [0.1, 0.15) is 19.8 Å². The van der Waals surface area contributed by atoms with Crippen molar-refractivity contribution in [1.82, 2.24) is 10.2 Å². The lowest BCUT2D eigenvalue weighted by molar-refractivity contribution is -0.142. The molecule has 1 atom stereocenters. The Morgan fingerprint density at radius 2 is 2.27 bits per heavy atom. The quantitative estimate of drug-likeness (QED) is 0.659. The van der Waals surface area contributed by atoms with Crippen LogP contribution in [0, 0.1) is 0 Å². The highest BCUT2D eigenvalue weighted by Gasteiger charge is 2.21. The summed E-state index contributed by atoms with van der Waals surface area (Å²) in [5.74, 6) is -0.238. The monoisotopic (exact) mass is 214 g/mol. The second-order valence-electron chi connectivity index (χ2n) is 3.85. The minimum Gasteiger partial charge on any atom is -0.468 e.